The molecule has 1 aromatic carbocycles. The van der Waals surface area contributed by atoms with Crippen molar-refractivity contribution in [2.24, 2.45) is 4.99 Å². The Balaban J connectivity index is 0.00000341. The van der Waals surface area contributed by atoms with Crippen LogP contribution in [0.1, 0.15) is 25.3 Å². The van der Waals surface area contributed by atoms with Gasteiger partial charge in [0.2, 0.25) is 0 Å². The summed E-state index contributed by atoms with van der Waals surface area (Å²) >= 11 is 1.75. The highest BCUT2D eigenvalue weighted by atomic mass is 127. The van der Waals surface area contributed by atoms with Crippen molar-refractivity contribution in [1.29, 1.82) is 0 Å². The maximum Gasteiger partial charge on any atom is 0.422 e. The first-order valence-electron chi connectivity index (χ1n) is 10.1. The van der Waals surface area contributed by atoms with Crippen LogP contribution in [0.3, 0.4) is 0 Å². The van der Waals surface area contributed by atoms with E-state index in [1.807, 2.05) is 6.92 Å². The number of aliphatic imine (C=N–C) groups is 1. The summed E-state index contributed by atoms with van der Waals surface area (Å²) in [5, 5.41) is 10.1. The molecule has 2 heterocycles. The molecule has 0 bridgehead atoms. The number of alkyl halides is 3. The van der Waals surface area contributed by atoms with Gasteiger partial charge < -0.3 is 20.3 Å². The van der Waals surface area contributed by atoms with Crippen LogP contribution < -0.4 is 20.3 Å². The number of nitrogens with zero attached hydrogens (tertiary/aromatic N) is 2. The number of para-hydroxylation sites is 1. The average molecular weight is 568 g/mol. The molecular formula is C21H28F3IN4OS. The second kappa shape index (κ2) is 12.4. The van der Waals surface area contributed by atoms with Crippen LogP contribution in [0.4, 0.5) is 18.2 Å². The number of piperidine rings is 1. The van der Waals surface area contributed by atoms with Crippen LogP contribution in [0, 0.1) is 0 Å². The Morgan fingerprint density at radius 2 is 1.94 bits per heavy atom. The third kappa shape index (κ3) is 8.40. The molecule has 2 N–H and O–H groups in total. The third-order valence-electron chi connectivity index (χ3n) is 4.77. The van der Waals surface area contributed by atoms with Crippen molar-refractivity contribution in [3.63, 3.8) is 0 Å². The Labute approximate surface area is 202 Å². The number of anilines is 1. The minimum atomic E-state index is -4.37. The molecule has 0 atom stereocenters. The van der Waals surface area contributed by atoms with Gasteiger partial charge in [-0.3, -0.25) is 0 Å². The summed E-state index contributed by atoms with van der Waals surface area (Å²) in [7, 11) is 0. The quantitative estimate of drug-likeness (QED) is 0.280. The van der Waals surface area contributed by atoms with E-state index < -0.39 is 12.8 Å². The lowest BCUT2D eigenvalue weighted by atomic mass is 10.1. The molecular weight excluding hydrogens is 540 g/mol. The molecule has 172 valence electrons. The Morgan fingerprint density at radius 1 is 1.19 bits per heavy atom. The predicted molar refractivity (Wildman–Crippen MR) is 131 cm³/mol. The topological polar surface area (TPSA) is 48.9 Å². The lowest BCUT2D eigenvalue weighted by molar-refractivity contribution is -0.153. The van der Waals surface area contributed by atoms with Gasteiger partial charge in [-0.05, 0) is 43.3 Å². The SMILES string of the molecule is CCNC(=NCc1ccccc1OCC(F)(F)F)NC1CCN(c2cccs2)CC1.I. The molecule has 2 aromatic rings. The van der Waals surface area contributed by atoms with E-state index in [-0.39, 0.29) is 36.3 Å². The summed E-state index contributed by atoms with van der Waals surface area (Å²) in [6.45, 7) is 3.56. The predicted octanol–water partition coefficient (Wildman–Crippen LogP) is 5.03. The zero-order valence-electron chi connectivity index (χ0n) is 17.3. The highest BCUT2D eigenvalue weighted by Gasteiger charge is 2.28. The first kappa shape index (κ1) is 25.6. The maximum absolute atomic E-state index is 12.5. The first-order chi connectivity index (χ1) is 14.4. The van der Waals surface area contributed by atoms with Gasteiger partial charge >= 0.3 is 6.18 Å². The van der Waals surface area contributed by atoms with Gasteiger partial charge in [-0.25, -0.2) is 4.99 Å². The fraction of sp³-hybridized carbons (Fsp3) is 0.476. The van der Waals surface area contributed by atoms with Crippen molar-refractivity contribution < 1.29 is 17.9 Å². The second-order valence-corrected chi connectivity index (χ2v) is 7.99. The fourth-order valence-electron chi connectivity index (χ4n) is 3.31. The molecule has 1 fully saturated rings. The van der Waals surface area contributed by atoms with Gasteiger partial charge in [0.25, 0.3) is 0 Å². The van der Waals surface area contributed by atoms with Gasteiger partial charge in [0.05, 0.1) is 11.5 Å². The van der Waals surface area contributed by atoms with E-state index in [2.05, 4.69) is 38.0 Å². The largest absolute Gasteiger partial charge is 0.484 e. The smallest absolute Gasteiger partial charge is 0.422 e. The first-order valence-corrected chi connectivity index (χ1v) is 10.9. The van der Waals surface area contributed by atoms with Crippen molar-refractivity contribution in [1.82, 2.24) is 10.6 Å². The van der Waals surface area contributed by atoms with E-state index in [4.69, 9.17) is 4.74 Å². The van der Waals surface area contributed by atoms with Crippen LogP contribution in [0.5, 0.6) is 5.75 Å². The summed E-state index contributed by atoms with van der Waals surface area (Å²) < 4.78 is 42.4. The number of nitrogens with one attached hydrogen (secondary N) is 2. The van der Waals surface area contributed by atoms with E-state index >= 15 is 0 Å². The lowest BCUT2D eigenvalue weighted by Crippen LogP contribution is -2.48. The van der Waals surface area contributed by atoms with Gasteiger partial charge in [-0.15, -0.1) is 35.3 Å². The summed E-state index contributed by atoms with van der Waals surface area (Å²) in [4.78, 5) is 6.96. The van der Waals surface area contributed by atoms with Crippen molar-refractivity contribution >= 4 is 46.3 Å². The third-order valence-corrected chi connectivity index (χ3v) is 5.70. The van der Waals surface area contributed by atoms with E-state index in [1.165, 1.54) is 11.1 Å². The molecule has 10 heteroatoms. The Kier molecular flexibility index (Phi) is 10.2. The normalized spacial score (nSPS) is 15.4. The summed E-state index contributed by atoms with van der Waals surface area (Å²) in [5.74, 6) is 0.872. The summed E-state index contributed by atoms with van der Waals surface area (Å²) in [6, 6.07) is 11.2. The number of hydrogen-bond donors (Lipinski definition) is 2. The highest BCUT2D eigenvalue weighted by molar-refractivity contribution is 14.0. The van der Waals surface area contributed by atoms with Crippen LogP contribution in [0.15, 0.2) is 46.8 Å². The molecule has 0 radical (unpaired) electrons. The molecule has 1 aliphatic heterocycles. The molecule has 5 nitrogen and oxygen atoms in total. The van der Waals surface area contributed by atoms with Gasteiger partial charge in [0, 0.05) is 31.2 Å². The molecule has 0 saturated carbocycles. The van der Waals surface area contributed by atoms with E-state index in [9.17, 15) is 13.2 Å². The van der Waals surface area contributed by atoms with Gasteiger partial charge in [-0.2, -0.15) is 13.2 Å². The highest BCUT2D eigenvalue weighted by Crippen LogP contribution is 2.25. The van der Waals surface area contributed by atoms with Gasteiger partial charge in [0.15, 0.2) is 12.6 Å². The number of benzene rings is 1. The Bertz CT molecular complexity index is 809. The number of halogens is 4. The summed E-state index contributed by atoms with van der Waals surface area (Å²) in [5.41, 5.74) is 0.617. The summed E-state index contributed by atoms with van der Waals surface area (Å²) in [6.07, 6.45) is -2.38. The molecule has 1 aliphatic rings. The van der Waals surface area contributed by atoms with Crippen molar-refractivity contribution in [3.05, 3.63) is 47.3 Å². The van der Waals surface area contributed by atoms with E-state index in [1.54, 1.807) is 29.5 Å². The fourth-order valence-corrected chi connectivity index (χ4v) is 4.09. The Hall–Kier alpha value is -1.69. The molecule has 3 rings (SSSR count). The molecule has 0 aliphatic carbocycles. The minimum Gasteiger partial charge on any atom is -0.484 e. The molecule has 0 amide bonds. The molecule has 1 aromatic heterocycles. The van der Waals surface area contributed by atoms with Crippen molar-refractivity contribution in [2.45, 2.75) is 38.5 Å². The minimum absolute atomic E-state index is 0. The van der Waals surface area contributed by atoms with E-state index in [0.29, 0.717) is 24.1 Å². The van der Waals surface area contributed by atoms with Crippen molar-refractivity contribution in [2.75, 3.05) is 31.1 Å². The number of guanidine groups is 1. The Morgan fingerprint density at radius 3 is 2.58 bits per heavy atom. The number of hydrogen-bond acceptors (Lipinski definition) is 4. The zero-order chi connectivity index (χ0) is 21.4. The zero-order valence-corrected chi connectivity index (χ0v) is 20.5. The number of thiophene rings is 1. The van der Waals surface area contributed by atoms with Crippen LogP contribution >= 0.6 is 35.3 Å². The molecule has 0 spiro atoms. The standard InChI is InChI=1S/C21H27F3N4OS.HI/c1-2-25-20(27-17-9-11-28(12-10-17)19-8-5-13-30-19)26-14-16-6-3-4-7-18(16)29-15-21(22,23)24;/h3-8,13,17H,2,9-12,14-15H2,1H3,(H2,25,26,27);1H. The number of ether oxygens (including phenoxy) is 1. The molecule has 1 saturated heterocycles. The van der Waals surface area contributed by atoms with Crippen LogP contribution in [-0.2, 0) is 6.54 Å². The monoisotopic (exact) mass is 568 g/mol. The van der Waals surface area contributed by atoms with Crippen LogP contribution in [-0.4, -0.2) is 44.4 Å². The molecule has 0 unspecified atom stereocenters. The van der Waals surface area contributed by atoms with Gasteiger partial charge in [-0.1, -0.05) is 18.2 Å². The second-order valence-electron chi connectivity index (χ2n) is 7.06. The number of rotatable bonds is 7. The van der Waals surface area contributed by atoms with Gasteiger partial charge in [0.1, 0.15) is 5.75 Å². The average Bonchev–Trinajstić information content (AvgIpc) is 3.26. The van der Waals surface area contributed by atoms with E-state index in [0.717, 1.165) is 25.9 Å². The lowest BCUT2D eigenvalue weighted by Gasteiger charge is -2.33. The van der Waals surface area contributed by atoms with Crippen molar-refractivity contribution in [3.8, 4) is 5.75 Å². The van der Waals surface area contributed by atoms with Crippen LogP contribution in [0.2, 0.25) is 0 Å². The van der Waals surface area contributed by atoms with Crippen LogP contribution in [0.25, 0.3) is 0 Å². The molecule has 31 heavy (non-hydrogen) atoms. The maximum atomic E-state index is 12.5.